The molecule has 10 heteroatoms. The Hall–Kier alpha value is -4.05. The highest BCUT2D eigenvalue weighted by molar-refractivity contribution is 7.80. The van der Waals surface area contributed by atoms with Gasteiger partial charge < -0.3 is 4.57 Å². The number of fused-ring (bicyclic) bond motifs is 1. The first-order valence-corrected chi connectivity index (χ1v) is 9.19. The van der Waals surface area contributed by atoms with Crippen LogP contribution in [-0.4, -0.2) is 26.4 Å². The van der Waals surface area contributed by atoms with Crippen LogP contribution in [0, 0.1) is 10.1 Å². The van der Waals surface area contributed by atoms with E-state index in [1.54, 1.807) is 4.57 Å². The minimum atomic E-state index is -0.517. The van der Waals surface area contributed by atoms with E-state index in [2.05, 4.69) is 16.2 Å². The standard InChI is InChI=1S/C20H17N5O4S/c26-18(10-7-14-5-8-16(9-6-14)25(28)29)21-20(30)23-22-19(27)13-24-12-11-15-3-1-2-4-17(15)24/h1-12H,13H2,(H,22,27)(H2,21,23,26,30)/b10-7+. The number of nitrogens with zero attached hydrogens (tertiary/aromatic N) is 2. The summed E-state index contributed by atoms with van der Waals surface area (Å²) in [6.45, 7) is 0.0805. The predicted octanol–water partition coefficient (Wildman–Crippen LogP) is 2.28. The molecule has 0 saturated heterocycles. The third-order valence-electron chi connectivity index (χ3n) is 4.08. The normalized spacial score (nSPS) is 10.7. The van der Waals surface area contributed by atoms with E-state index >= 15 is 0 Å². The molecule has 152 valence electrons. The number of aromatic nitrogens is 1. The quantitative estimate of drug-likeness (QED) is 0.251. The molecule has 0 fully saturated rings. The monoisotopic (exact) mass is 423 g/mol. The summed E-state index contributed by atoms with van der Waals surface area (Å²) in [7, 11) is 0. The van der Waals surface area contributed by atoms with Gasteiger partial charge in [-0.25, -0.2) is 0 Å². The summed E-state index contributed by atoms with van der Waals surface area (Å²) in [4.78, 5) is 34.1. The first-order valence-electron chi connectivity index (χ1n) is 8.78. The van der Waals surface area contributed by atoms with E-state index in [0.29, 0.717) is 5.56 Å². The molecule has 2 amide bonds. The first kappa shape index (κ1) is 20.7. The number of hydrazine groups is 1. The van der Waals surface area contributed by atoms with Gasteiger partial charge in [-0.15, -0.1) is 0 Å². The number of hydrogen-bond acceptors (Lipinski definition) is 5. The van der Waals surface area contributed by atoms with Crippen LogP contribution in [-0.2, 0) is 16.1 Å². The van der Waals surface area contributed by atoms with Gasteiger partial charge in [0.1, 0.15) is 6.54 Å². The van der Waals surface area contributed by atoms with Gasteiger partial charge in [-0.3, -0.25) is 35.9 Å². The summed E-state index contributed by atoms with van der Waals surface area (Å²) in [6, 6.07) is 15.3. The maximum absolute atomic E-state index is 12.1. The highest BCUT2D eigenvalue weighted by atomic mass is 32.1. The fourth-order valence-corrected chi connectivity index (χ4v) is 2.81. The van der Waals surface area contributed by atoms with Crippen molar-refractivity contribution >= 4 is 51.8 Å². The number of carbonyl (C=O) groups is 2. The number of para-hydroxylation sites is 1. The highest BCUT2D eigenvalue weighted by Crippen LogP contribution is 2.14. The van der Waals surface area contributed by atoms with Crippen molar-refractivity contribution in [3.63, 3.8) is 0 Å². The lowest BCUT2D eigenvalue weighted by Crippen LogP contribution is -2.48. The van der Waals surface area contributed by atoms with Crippen molar-refractivity contribution in [3.8, 4) is 0 Å². The topological polar surface area (TPSA) is 118 Å². The van der Waals surface area contributed by atoms with Gasteiger partial charge in [-0.2, -0.15) is 0 Å². The molecule has 3 aromatic rings. The van der Waals surface area contributed by atoms with E-state index in [1.165, 1.54) is 36.4 Å². The summed E-state index contributed by atoms with van der Waals surface area (Å²) in [5.74, 6) is -0.856. The third-order valence-corrected chi connectivity index (χ3v) is 4.28. The van der Waals surface area contributed by atoms with Crippen LogP contribution in [0.25, 0.3) is 17.0 Å². The Morgan fingerprint density at radius 3 is 2.53 bits per heavy atom. The number of benzene rings is 2. The van der Waals surface area contributed by atoms with Gasteiger partial charge in [0.25, 0.3) is 11.6 Å². The zero-order valence-corrected chi connectivity index (χ0v) is 16.4. The van der Waals surface area contributed by atoms with Crippen molar-refractivity contribution in [2.45, 2.75) is 6.54 Å². The summed E-state index contributed by atoms with van der Waals surface area (Å²) in [5, 5.41) is 14.0. The molecule has 1 heterocycles. The first-order chi connectivity index (χ1) is 14.4. The van der Waals surface area contributed by atoms with Crippen LogP contribution in [0.5, 0.6) is 0 Å². The average molecular weight is 423 g/mol. The zero-order valence-electron chi connectivity index (χ0n) is 15.6. The molecule has 0 aliphatic heterocycles. The Bertz CT molecular complexity index is 1140. The molecule has 3 rings (SSSR count). The van der Waals surface area contributed by atoms with Gasteiger partial charge in [-0.05, 0) is 53.5 Å². The number of nitrogens with one attached hydrogen (secondary N) is 3. The lowest BCUT2D eigenvalue weighted by atomic mass is 10.2. The molecule has 2 aromatic carbocycles. The Morgan fingerprint density at radius 2 is 1.80 bits per heavy atom. The number of hydrogen-bond donors (Lipinski definition) is 3. The van der Waals surface area contributed by atoms with Crippen molar-refractivity contribution in [1.82, 2.24) is 20.7 Å². The lowest BCUT2D eigenvalue weighted by molar-refractivity contribution is -0.384. The summed E-state index contributed by atoms with van der Waals surface area (Å²) < 4.78 is 1.79. The van der Waals surface area contributed by atoms with Crippen molar-refractivity contribution in [3.05, 3.63) is 82.5 Å². The van der Waals surface area contributed by atoms with Gasteiger partial charge >= 0.3 is 0 Å². The lowest BCUT2D eigenvalue weighted by Gasteiger charge is -2.10. The van der Waals surface area contributed by atoms with E-state index in [1.807, 2.05) is 36.5 Å². The molecule has 3 N–H and O–H groups in total. The zero-order chi connectivity index (χ0) is 21.5. The van der Waals surface area contributed by atoms with Gasteiger partial charge in [0.05, 0.1) is 4.92 Å². The Balaban J connectivity index is 1.45. The number of nitro groups is 1. The molecule has 0 saturated carbocycles. The van der Waals surface area contributed by atoms with Crippen LogP contribution in [0.15, 0.2) is 66.9 Å². The molecule has 0 aliphatic carbocycles. The molecule has 0 aliphatic rings. The van der Waals surface area contributed by atoms with Crippen LogP contribution in [0.2, 0.25) is 0 Å². The summed E-state index contributed by atoms with van der Waals surface area (Å²) in [6.07, 6.45) is 4.52. The number of rotatable bonds is 5. The van der Waals surface area contributed by atoms with E-state index in [0.717, 1.165) is 10.9 Å². The molecule has 1 aromatic heterocycles. The fraction of sp³-hybridized carbons (Fsp3) is 0.0500. The van der Waals surface area contributed by atoms with Crippen molar-refractivity contribution in [2.24, 2.45) is 0 Å². The van der Waals surface area contributed by atoms with Gasteiger partial charge in [-0.1, -0.05) is 18.2 Å². The van der Waals surface area contributed by atoms with E-state index in [9.17, 15) is 19.7 Å². The SMILES string of the molecule is O=C(/C=C/c1ccc([N+](=O)[O-])cc1)NC(=S)NNC(=O)Cn1ccc2ccccc21. The van der Waals surface area contributed by atoms with Crippen LogP contribution in [0.1, 0.15) is 5.56 Å². The van der Waals surface area contributed by atoms with E-state index in [-0.39, 0.29) is 23.3 Å². The molecule has 0 spiro atoms. The summed E-state index contributed by atoms with van der Waals surface area (Å²) in [5.41, 5.74) is 6.40. The Morgan fingerprint density at radius 1 is 1.07 bits per heavy atom. The maximum atomic E-state index is 12.1. The van der Waals surface area contributed by atoms with Gasteiger partial charge in [0.2, 0.25) is 5.91 Å². The molecule has 0 unspecified atom stereocenters. The minimum Gasteiger partial charge on any atom is -0.338 e. The molecule has 0 radical (unpaired) electrons. The van der Waals surface area contributed by atoms with E-state index in [4.69, 9.17) is 12.2 Å². The van der Waals surface area contributed by atoms with Gasteiger partial charge in [0, 0.05) is 29.9 Å². The van der Waals surface area contributed by atoms with Crippen molar-refractivity contribution in [2.75, 3.05) is 0 Å². The predicted molar refractivity (Wildman–Crippen MR) is 116 cm³/mol. The molecule has 0 bridgehead atoms. The third kappa shape index (κ3) is 5.49. The second-order valence-corrected chi connectivity index (χ2v) is 6.58. The highest BCUT2D eigenvalue weighted by Gasteiger charge is 2.07. The smallest absolute Gasteiger partial charge is 0.269 e. The Kier molecular flexibility index (Phi) is 6.50. The molecular weight excluding hydrogens is 406 g/mol. The van der Waals surface area contributed by atoms with Crippen LogP contribution in [0.4, 0.5) is 5.69 Å². The summed E-state index contributed by atoms with van der Waals surface area (Å²) >= 11 is 4.98. The molecule has 0 atom stereocenters. The van der Waals surface area contributed by atoms with Crippen LogP contribution in [0.3, 0.4) is 0 Å². The van der Waals surface area contributed by atoms with Crippen molar-refractivity contribution < 1.29 is 14.5 Å². The van der Waals surface area contributed by atoms with E-state index < -0.39 is 10.8 Å². The number of non-ortho nitro benzene ring substituents is 1. The molecule has 30 heavy (non-hydrogen) atoms. The minimum absolute atomic E-state index is 0.0365. The number of nitro benzene ring substituents is 1. The number of carbonyl (C=O) groups excluding carboxylic acids is 2. The van der Waals surface area contributed by atoms with Gasteiger partial charge in [0.15, 0.2) is 5.11 Å². The molecular formula is C20H17N5O4S. The van der Waals surface area contributed by atoms with Crippen LogP contribution < -0.4 is 16.2 Å². The average Bonchev–Trinajstić information content (AvgIpc) is 3.14. The fourth-order valence-electron chi connectivity index (χ4n) is 2.66. The largest absolute Gasteiger partial charge is 0.338 e. The Labute approximate surface area is 176 Å². The van der Waals surface area contributed by atoms with Crippen molar-refractivity contribution in [1.29, 1.82) is 0 Å². The van der Waals surface area contributed by atoms with Crippen LogP contribution >= 0.6 is 12.2 Å². The second-order valence-electron chi connectivity index (χ2n) is 6.18. The maximum Gasteiger partial charge on any atom is 0.269 e. The number of amides is 2. The molecule has 9 nitrogen and oxygen atoms in total. The second kappa shape index (κ2) is 9.43. The number of thiocarbonyl (C=S) groups is 1.